The minimum atomic E-state index is -0.604. The predicted octanol–water partition coefficient (Wildman–Crippen LogP) is 5.23. The van der Waals surface area contributed by atoms with Crippen molar-refractivity contribution >= 4 is 17.0 Å². The van der Waals surface area contributed by atoms with E-state index in [1.165, 1.54) is 4.57 Å². The molecular formula is C20H21NO4. The number of rotatable bonds is 2. The Morgan fingerprint density at radius 3 is 2.40 bits per heavy atom. The van der Waals surface area contributed by atoms with E-state index in [2.05, 4.69) is 0 Å². The van der Waals surface area contributed by atoms with E-state index in [-0.39, 0.29) is 5.75 Å². The molecule has 5 heteroatoms. The van der Waals surface area contributed by atoms with Gasteiger partial charge in [-0.15, -0.1) is 0 Å². The first kappa shape index (κ1) is 16.9. The van der Waals surface area contributed by atoms with Crippen molar-refractivity contribution in [3.8, 4) is 17.2 Å². The smallest absolute Gasteiger partial charge is 0.419 e. The van der Waals surface area contributed by atoms with Crippen LogP contribution in [0.2, 0.25) is 0 Å². The van der Waals surface area contributed by atoms with E-state index < -0.39 is 11.7 Å². The molecule has 1 heterocycles. The lowest BCUT2D eigenvalue weighted by Crippen LogP contribution is -2.27. The second kappa shape index (κ2) is 6.16. The molecule has 0 spiro atoms. The summed E-state index contributed by atoms with van der Waals surface area (Å²) >= 11 is 0. The maximum Gasteiger partial charge on any atom is 0.419 e. The van der Waals surface area contributed by atoms with Gasteiger partial charge >= 0.3 is 6.09 Å². The molecule has 0 fully saturated rings. The number of para-hydroxylation sites is 3. The molecule has 0 saturated heterocycles. The summed E-state index contributed by atoms with van der Waals surface area (Å²) in [4.78, 5) is 12.7. The highest BCUT2D eigenvalue weighted by Gasteiger charge is 2.23. The zero-order chi connectivity index (χ0) is 18.2. The maximum atomic E-state index is 12.7. The third kappa shape index (κ3) is 3.45. The molecule has 5 nitrogen and oxygen atoms in total. The van der Waals surface area contributed by atoms with Gasteiger partial charge in [-0.05, 0) is 52.0 Å². The van der Waals surface area contributed by atoms with Crippen molar-refractivity contribution in [2.45, 2.75) is 33.3 Å². The van der Waals surface area contributed by atoms with Crippen LogP contribution in [0.5, 0.6) is 17.2 Å². The summed E-state index contributed by atoms with van der Waals surface area (Å²) in [6, 6.07) is 14.1. The van der Waals surface area contributed by atoms with Crippen LogP contribution in [-0.4, -0.2) is 21.4 Å². The molecule has 1 N–H and O–H groups in total. The molecule has 0 radical (unpaired) electrons. The Hall–Kier alpha value is -2.95. The van der Waals surface area contributed by atoms with E-state index in [0.717, 1.165) is 11.1 Å². The molecule has 1 aromatic heterocycles. The van der Waals surface area contributed by atoms with E-state index >= 15 is 0 Å². The molecular weight excluding hydrogens is 318 g/mol. The number of carbonyl (C=O) groups excluding carboxylic acids is 1. The third-order valence-corrected chi connectivity index (χ3v) is 3.63. The summed E-state index contributed by atoms with van der Waals surface area (Å²) in [5.41, 5.74) is 0.753. The fourth-order valence-electron chi connectivity index (χ4n) is 2.65. The monoisotopic (exact) mass is 339 g/mol. The highest BCUT2D eigenvalue weighted by Crippen LogP contribution is 2.36. The Bertz CT molecular complexity index is 935. The van der Waals surface area contributed by atoms with Crippen LogP contribution in [-0.2, 0) is 4.74 Å². The Balaban J connectivity index is 2.11. The van der Waals surface area contributed by atoms with Crippen molar-refractivity contribution < 1.29 is 19.4 Å². The number of phenolic OH excluding ortho intramolecular Hbond substituents is 1. The minimum absolute atomic E-state index is 0.0339. The van der Waals surface area contributed by atoms with Crippen LogP contribution in [0.25, 0.3) is 10.9 Å². The zero-order valence-corrected chi connectivity index (χ0v) is 14.7. The minimum Gasteiger partial charge on any atom is -0.504 e. The Labute approximate surface area is 146 Å². The van der Waals surface area contributed by atoms with Crippen LogP contribution in [0.4, 0.5) is 4.79 Å². The maximum absolute atomic E-state index is 12.7. The SMILES string of the molecule is Cc1cc2cccc(Oc3ccccc3O)c2n1C(=O)OC(C)(C)C. The van der Waals surface area contributed by atoms with E-state index in [9.17, 15) is 9.90 Å². The van der Waals surface area contributed by atoms with Crippen molar-refractivity contribution in [1.29, 1.82) is 0 Å². The van der Waals surface area contributed by atoms with Crippen LogP contribution in [0.1, 0.15) is 26.5 Å². The highest BCUT2D eigenvalue weighted by atomic mass is 16.6. The molecule has 130 valence electrons. The first-order chi connectivity index (χ1) is 11.8. The standard InChI is InChI=1S/C20H21NO4/c1-13-12-14-8-7-11-17(24-16-10-6-5-9-15(16)22)18(14)21(13)19(23)25-20(2,3)4/h5-12,22H,1-4H3. The summed E-state index contributed by atoms with van der Waals surface area (Å²) in [6.45, 7) is 7.32. The summed E-state index contributed by atoms with van der Waals surface area (Å²) in [5, 5.41) is 10.8. The largest absolute Gasteiger partial charge is 0.504 e. The zero-order valence-electron chi connectivity index (χ0n) is 14.7. The predicted molar refractivity (Wildman–Crippen MR) is 96.5 cm³/mol. The molecule has 0 aliphatic rings. The second-order valence-corrected chi connectivity index (χ2v) is 6.87. The highest BCUT2D eigenvalue weighted by molar-refractivity contribution is 5.95. The Kier molecular flexibility index (Phi) is 4.17. The second-order valence-electron chi connectivity index (χ2n) is 6.87. The molecule has 3 rings (SSSR count). The molecule has 0 aliphatic carbocycles. The lowest BCUT2D eigenvalue weighted by molar-refractivity contribution is 0.0541. The van der Waals surface area contributed by atoms with Gasteiger partial charge in [0.15, 0.2) is 17.2 Å². The van der Waals surface area contributed by atoms with Gasteiger partial charge in [-0.1, -0.05) is 24.3 Å². The van der Waals surface area contributed by atoms with Crippen molar-refractivity contribution in [3.05, 3.63) is 54.2 Å². The molecule has 0 unspecified atom stereocenters. The average molecular weight is 339 g/mol. The van der Waals surface area contributed by atoms with Gasteiger partial charge in [0, 0.05) is 11.1 Å². The normalized spacial score (nSPS) is 11.5. The van der Waals surface area contributed by atoms with Gasteiger partial charge in [-0.2, -0.15) is 0 Å². The lowest BCUT2D eigenvalue weighted by Gasteiger charge is -2.21. The average Bonchev–Trinajstić information content (AvgIpc) is 2.85. The number of fused-ring (bicyclic) bond motifs is 1. The van der Waals surface area contributed by atoms with Gasteiger partial charge < -0.3 is 14.6 Å². The van der Waals surface area contributed by atoms with Crippen LogP contribution >= 0.6 is 0 Å². The van der Waals surface area contributed by atoms with Crippen molar-refractivity contribution in [1.82, 2.24) is 4.57 Å². The number of benzene rings is 2. The summed E-state index contributed by atoms with van der Waals surface area (Å²) in [6.07, 6.45) is -0.465. The lowest BCUT2D eigenvalue weighted by atomic mass is 10.2. The number of aromatic hydroxyl groups is 1. The van der Waals surface area contributed by atoms with Gasteiger partial charge in [0.05, 0.1) is 0 Å². The van der Waals surface area contributed by atoms with Crippen molar-refractivity contribution in [2.75, 3.05) is 0 Å². The molecule has 0 amide bonds. The van der Waals surface area contributed by atoms with Crippen LogP contribution < -0.4 is 4.74 Å². The summed E-state index contributed by atoms with van der Waals surface area (Å²) in [7, 11) is 0. The third-order valence-electron chi connectivity index (χ3n) is 3.63. The molecule has 0 atom stereocenters. The van der Waals surface area contributed by atoms with Crippen LogP contribution in [0.3, 0.4) is 0 Å². The number of aryl methyl sites for hydroxylation is 1. The van der Waals surface area contributed by atoms with E-state index in [4.69, 9.17) is 9.47 Å². The van der Waals surface area contributed by atoms with Gasteiger partial charge in [-0.3, -0.25) is 0 Å². The summed E-state index contributed by atoms with van der Waals surface area (Å²) < 4.78 is 12.9. The number of hydrogen-bond acceptors (Lipinski definition) is 4. The van der Waals surface area contributed by atoms with E-state index in [1.807, 2.05) is 45.9 Å². The molecule has 0 aliphatic heterocycles. The van der Waals surface area contributed by atoms with Gasteiger partial charge in [-0.25, -0.2) is 9.36 Å². The number of nitrogens with zero attached hydrogens (tertiary/aromatic N) is 1. The quantitative estimate of drug-likeness (QED) is 0.694. The molecule has 0 bridgehead atoms. The van der Waals surface area contributed by atoms with E-state index in [1.54, 1.807) is 30.3 Å². The topological polar surface area (TPSA) is 60.7 Å². The number of hydrogen-bond donors (Lipinski definition) is 1. The number of ether oxygens (including phenoxy) is 2. The fourth-order valence-corrected chi connectivity index (χ4v) is 2.65. The molecule has 0 saturated carbocycles. The molecule has 3 aromatic rings. The Morgan fingerprint density at radius 2 is 1.72 bits per heavy atom. The van der Waals surface area contributed by atoms with Crippen molar-refractivity contribution in [2.24, 2.45) is 0 Å². The number of aromatic nitrogens is 1. The van der Waals surface area contributed by atoms with Gasteiger partial charge in [0.1, 0.15) is 11.1 Å². The molecule has 25 heavy (non-hydrogen) atoms. The van der Waals surface area contributed by atoms with Gasteiger partial charge in [0.2, 0.25) is 0 Å². The fraction of sp³-hybridized carbons (Fsp3) is 0.250. The molecule has 2 aromatic carbocycles. The Morgan fingerprint density at radius 1 is 1.04 bits per heavy atom. The summed E-state index contributed by atoms with van der Waals surface area (Å²) in [5.74, 6) is 0.828. The van der Waals surface area contributed by atoms with Crippen LogP contribution in [0.15, 0.2) is 48.5 Å². The first-order valence-electron chi connectivity index (χ1n) is 8.06. The number of phenols is 1. The van der Waals surface area contributed by atoms with Gasteiger partial charge in [0.25, 0.3) is 0 Å². The van der Waals surface area contributed by atoms with E-state index in [0.29, 0.717) is 17.0 Å². The first-order valence-corrected chi connectivity index (χ1v) is 8.06. The van der Waals surface area contributed by atoms with Crippen LogP contribution in [0, 0.1) is 6.92 Å². The van der Waals surface area contributed by atoms with Crippen molar-refractivity contribution in [3.63, 3.8) is 0 Å². The number of carbonyl (C=O) groups is 1.